The van der Waals surface area contributed by atoms with Crippen LogP contribution in [-0.4, -0.2) is 21.7 Å². The predicted molar refractivity (Wildman–Crippen MR) is 139 cm³/mol. The molecule has 0 unspecified atom stereocenters. The van der Waals surface area contributed by atoms with Gasteiger partial charge in [0.1, 0.15) is 0 Å². The Kier molecular flexibility index (Phi) is 7.03. The molecule has 0 saturated heterocycles. The number of carbonyl (C=O) groups excluding carboxylic acids is 2. The Morgan fingerprint density at radius 3 is 2.29 bits per heavy atom. The molecular formula is C28H26ClN3O3. The molecule has 0 bridgehead atoms. The van der Waals surface area contributed by atoms with Crippen LogP contribution in [0, 0.1) is 6.92 Å². The molecule has 1 N–H and O–H groups in total. The zero-order valence-corrected chi connectivity index (χ0v) is 20.8. The number of amides is 1. The molecule has 0 radical (unpaired) electrons. The maximum Gasteiger partial charge on any atom is 0.309 e. The second-order valence-electron chi connectivity index (χ2n) is 8.60. The summed E-state index contributed by atoms with van der Waals surface area (Å²) in [6.07, 6.45) is 0. The van der Waals surface area contributed by atoms with Crippen molar-refractivity contribution in [2.75, 3.05) is 5.32 Å². The Bertz CT molecular complexity index is 1370. The Labute approximate surface area is 209 Å². The summed E-state index contributed by atoms with van der Waals surface area (Å²) in [5.41, 5.74) is 5.40. The minimum atomic E-state index is -0.429. The van der Waals surface area contributed by atoms with Crippen LogP contribution in [0.4, 0.5) is 5.69 Å². The molecule has 0 atom stereocenters. The van der Waals surface area contributed by atoms with Gasteiger partial charge in [-0.3, -0.25) is 9.59 Å². The lowest BCUT2D eigenvalue weighted by molar-refractivity contribution is -0.132. The Hall–Kier alpha value is -3.90. The fourth-order valence-corrected chi connectivity index (χ4v) is 3.91. The molecule has 6 nitrogen and oxygen atoms in total. The highest BCUT2D eigenvalue weighted by Crippen LogP contribution is 2.39. The fraction of sp³-hybridized carbons (Fsp3) is 0.179. The van der Waals surface area contributed by atoms with E-state index in [9.17, 15) is 9.59 Å². The molecule has 0 aliphatic carbocycles. The van der Waals surface area contributed by atoms with Crippen LogP contribution in [0.5, 0.6) is 5.88 Å². The van der Waals surface area contributed by atoms with Gasteiger partial charge in [0.2, 0.25) is 5.88 Å². The molecule has 35 heavy (non-hydrogen) atoms. The Morgan fingerprint density at radius 1 is 1.00 bits per heavy atom. The first-order valence-electron chi connectivity index (χ1n) is 11.3. The summed E-state index contributed by atoms with van der Waals surface area (Å²) in [5.74, 6) is -0.216. The number of nitrogens with one attached hydrogen (secondary N) is 1. The number of nitrogens with zero attached hydrogens (tertiary/aromatic N) is 2. The fourth-order valence-electron chi connectivity index (χ4n) is 3.78. The summed E-state index contributed by atoms with van der Waals surface area (Å²) in [7, 11) is 0. The lowest BCUT2D eigenvalue weighted by atomic mass is 9.99. The number of hydrogen-bond donors (Lipinski definition) is 1. The highest BCUT2D eigenvalue weighted by molar-refractivity contribution is 6.30. The number of halogens is 1. The van der Waals surface area contributed by atoms with Crippen LogP contribution in [0.15, 0.2) is 72.8 Å². The number of rotatable bonds is 6. The van der Waals surface area contributed by atoms with E-state index in [1.54, 1.807) is 28.9 Å². The maximum absolute atomic E-state index is 12.6. The predicted octanol–water partition coefficient (Wildman–Crippen LogP) is 6.80. The molecule has 0 aliphatic heterocycles. The van der Waals surface area contributed by atoms with Crippen LogP contribution in [0.2, 0.25) is 5.02 Å². The second kappa shape index (κ2) is 10.2. The smallest absolute Gasteiger partial charge is 0.309 e. The summed E-state index contributed by atoms with van der Waals surface area (Å²) >= 11 is 5.91. The molecule has 0 fully saturated rings. The van der Waals surface area contributed by atoms with Gasteiger partial charge in [-0.05, 0) is 72.5 Å². The average Bonchev–Trinajstić information content (AvgIpc) is 3.19. The number of hydrogen-bond acceptors (Lipinski definition) is 4. The molecule has 4 rings (SSSR count). The molecule has 7 heteroatoms. The largest absolute Gasteiger partial charge is 0.407 e. The van der Waals surface area contributed by atoms with Gasteiger partial charge in [-0.1, -0.05) is 49.7 Å². The Morgan fingerprint density at radius 2 is 1.69 bits per heavy atom. The van der Waals surface area contributed by atoms with Crippen LogP contribution >= 0.6 is 11.6 Å². The maximum atomic E-state index is 12.6. The van der Waals surface area contributed by atoms with Crippen LogP contribution < -0.4 is 10.1 Å². The molecule has 0 aliphatic rings. The lowest BCUT2D eigenvalue weighted by Gasteiger charge is -2.11. The van der Waals surface area contributed by atoms with E-state index in [1.807, 2.05) is 69.3 Å². The van der Waals surface area contributed by atoms with Crippen molar-refractivity contribution in [1.29, 1.82) is 0 Å². The summed E-state index contributed by atoms with van der Waals surface area (Å²) in [6, 6.07) is 21.9. The van der Waals surface area contributed by atoms with Crippen LogP contribution in [0.25, 0.3) is 16.8 Å². The molecule has 4 aromatic rings. The van der Waals surface area contributed by atoms with Crippen molar-refractivity contribution in [2.24, 2.45) is 0 Å². The number of esters is 1. The van der Waals surface area contributed by atoms with Gasteiger partial charge in [-0.15, -0.1) is 0 Å². The third-order valence-electron chi connectivity index (χ3n) is 5.44. The minimum Gasteiger partial charge on any atom is -0.407 e. The van der Waals surface area contributed by atoms with E-state index < -0.39 is 5.97 Å². The zero-order chi connectivity index (χ0) is 25.1. The molecule has 3 aromatic carbocycles. The quantitative estimate of drug-likeness (QED) is 0.303. The van der Waals surface area contributed by atoms with Crippen LogP contribution in [-0.2, 0) is 4.79 Å². The second-order valence-corrected chi connectivity index (χ2v) is 9.04. The van der Waals surface area contributed by atoms with Gasteiger partial charge < -0.3 is 10.1 Å². The third-order valence-corrected chi connectivity index (χ3v) is 5.69. The molecule has 1 heterocycles. The van der Waals surface area contributed by atoms with Crippen molar-refractivity contribution in [3.63, 3.8) is 0 Å². The standard InChI is InChI=1S/C28H26ClN3O3/c1-17(2)26-25(28(35-19(4)33)32(31-26)24-7-5-6-18(3)16-24)20-10-14-23(15-11-20)30-27(34)21-8-12-22(29)13-9-21/h5-17H,1-4H3,(H,30,34). The molecular weight excluding hydrogens is 462 g/mol. The first kappa shape index (κ1) is 24.2. The van der Waals surface area contributed by atoms with Crippen molar-refractivity contribution in [2.45, 2.75) is 33.6 Å². The van der Waals surface area contributed by atoms with E-state index >= 15 is 0 Å². The molecule has 1 aromatic heterocycles. The number of anilines is 1. The summed E-state index contributed by atoms with van der Waals surface area (Å²) in [6.45, 7) is 7.47. The topological polar surface area (TPSA) is 73.2 Å². The number of benzene rings is 3. The molecule has 1 amide bonds. The van der Waals surface area contributed by atoms with Crippen molar-refractivity contribution in [1.82, 2.24) is 9.78 Å². The Balaban J connectivity index is 1.73. The van der Waals surface area contributed by atoms with E-state index in [2.05, 4.69) is 5.32 Å². The average molecular weight is 488 g/mol. The third kappa shape index (κ3) is 5.44. The first-order valence-corrected chi connectivity index (χ1v) is 11.7. The van der Waals surface area contributed by atoms with Gasteiger partial charge in [0, 0.05) is 23.2 Å². The molecule has 0 saturated carbocycles. The van der Waals surface area contributed by atoms with Gasteiger partial charge in [0.15, 0.2) is 0 Å². The van der Waals surface area contributed by atoms with Crippen molar-refractivity contribution < 1.29 is 14.3 Å². The highest BCUT2D eigenvalue weighted by Gasteiger charge is 2.25. The number of aryl methyl sites for hydroxylation is 1. The van der Waals surface area contributed by atoms with Crippen molar-refractivity contribution >= 4 is 29.2 Å². The van der Waals surface area contributed by atoms with E-state index in [4.69, 9.17) is 21.4 Å². The van der Waals surface area contributed by atoms with Gasteiger partial charge in [0.25, 0.3) is 5.91 Å². The summed E-state index contributed by atoms with van der Waals surface area (Å²) in [5, 5.41) is 8.29. The van der Waals surface area contributed by atoms with E-state index in [0.717, 1.165) is 28.1 Å². The molecule has 178 valence electrons. The SMILES string of the molecule is CC(=O)Oc1c(-c2ccc(NC(=O)c3ccc(Cl)cc3)cc2)c(C(C)C)nn1-c1cccc(C)c1. The monoisotopic (exact) mass is 487 g/mol. The normalized spacial score (nSPS) is 10.9. The van der Waals surface area contributed by atoms with Gasteiger partial charge >= 0.3 is 5.97 Å². The number of aromatic nitrogens is 2. The van der Waals surface area contributed by atoms with Crippen LogP contribution in [0.1, 0.15) is 48.3 Å². The van der Waals surface area contributed by atoms with E-state index in [-0.39, 0.29) is 11.8 Å². The number of carbonyl (C=O) groups is 2. The van der Waals surface area contributed by atoms with Crippen molar-refractivity contribution in [3.05, 3.63) is 94.6 Å². The minimum absolute atomic E-state index is 0.0784. The van der Waals surface area contributed by atoms with Gasteiger partial charge in [0.05, 0.1) is 16.9 Å². The van der Waals surface area contributed by atoms with Gasteiger partial charge in [-0.25, -0.2) is 0 Å². The van der Waals surface area contributed by atoms with Crippen LogP contribution in [0.3, 0.4) is 0 Å². The molecule has 0 spiro atoms. The van der Waals surface area contributed by atoms with E-state index in [0.29, 0.717) is 22.2 Å². The summed E-state index contributed by atoms with van der Waals surface area (Å²) < 4.78 is 7.38. The lowest BCUT2D eigenvalue weighted by Crippen LogP contribution is -2.11. The zero-order valence-electron chi connectivity index (χ0n) is 20.0. The first-order chi connectivity index (χ1) is 16.7. The number of ether oxygens (including phenoxy) is 1. The van der Waals surface area contributed by atoms with Gasteiger partial charge in [-0.2, -0.15) is 9.78 Å². The highest BCUT2D eigenvalue weighted by atomic mass is 35.5. The summed E-state index contributed by atoms with van der Waals surface area (Å²) in [4.78, 5) is 24.6. The van der Waals surface area contributed by atoms with E-state index in [1.165, 1.54) is 6.92 Å². The van der Waals surface area contributed by atoms with Crippen molar-refractivity contribution in [3.8, 4) is 22.7 Å².